The molecule has 0 amide bonds. The van der Waals surface area contributed by atoms with Crippen LogP contribution in [0.4, 0.5) is 5.82 Å². The van der Waals surface area contributed by atoms with Gasteiger partial charge in [0.1, 0.15) is 0 Å². The van der Waals surface area contributed by atoms with Gasteiger partial charge in [0.15, 0.2) is 11.6 Å². The minimum atomic E-state index is 0.299. The Morgan fingerprint density at radius 3 is 2.48 bits per heavy atom. The summed E-state index contributed by atoms with van der Waals surface area (Å²) < 4.78 is 6.28. The fourth-order valence-corrected chi connectivity index (χ4v) is 2.96. The first kappa shape index (κ1) is 14.4. The molecule has 0 saturated carbocycles. The van der Waals surface area contributed by atoms with Crippen LogP contribution in [-0.2, 0) is 0 Å². The van der Waals surface area contributed by atoms with E-state index in [2.05, 4.69) is 21.1 Å². The molecule has 0 aliphatic carbocycles. The summed E-state index contributed by atoms with van der Waals surface area (Å²) in [5.41, 5.74) is 8.18. The number of anilines is 1. The lowest BCUT2D eigenvalue weighted by molar-refractivity contribution is 0.436. The molecule has 2 N–H and O–H groups in total. The van der Waals surface area contributed by atoms with Gasteiger partial charge in [0.25, 0.3) is 0 Å². The Bertz CT molecular complexity index is 817. The number of hydrogen-bond donors (Lipinski definition) is 1. The third-order valence-electron chi connectivity index (χ3n) is 3.06. The highest BCUT2D eigenvalue weighted by Gasteiger charge is 2.21. The quantitative estimate of drug-likeness (QED) is 0.621. The Hall–Kier alpha value is -1.49. The predicted molar refractivity (Wildman–Crippen MR) is 89.5 cm³/mol. The zero-order valence-corrected chi connectivity index (χ0v) is 13.7. The van der Waals surface area contributed by atoms with Crippen molar-refractivity contribution in [2.45, 2.75) is 0 Å². The first-order valence-electron chi connectivity index (χ1n) is 6.04. The van der Waals surface area contributed by atoms with Gasteiger partial charge in [0.05, 0.1) is 15.6 Å². The second-order valence-corrected chi connectivity index (χ2v) is 5.99. The van der Waals surface area contributed by atoms with Gasteiger partial charge in [-0.25, -0.2) is 0 Å². The maximum Gasteiger partial charge on any atom is 0.178 e. The lowest BCUT2D eigenvalue weighted by atomic mass is 10.0. The predicted octanol–water partition coefficient (Wildman–Crippen LogP) is 5.66. The normalized spacial score (nSPS) is 10.8. The van der Waals surface area contributed by atoms with Crippen molar-refractivity contribution >= 4 is 44.9 Å². The fraction of sp³-hybridized carbons (Fsp3) is 0. The lowest BCUT2D eigenvalue weighted by Crippen LogP contribution is -1.90. The number of nitrogen functional groups attached to an aromatic ring is 1. The van der Waals surface area contributed by atoms with Crippen LogP contribution in [-0.4, -0.2) is 5.16 Å². The molecule has 0 radical (unpaired) electrons. The van der Waals surface area contributed by atoms with E-state index in [-0.39, 0.29) is 0 Å². The van der Waals surface area contributed by atoms with E-state index in [1.165, 1.54) is 0 Å². The third-order valence-corrected chi connectivity index (χ3v) is 4.57. The molecular formula is C15H9BrCl2N2O. The minimum absolute atomic E-state index is 0.299. The molecule has 21 heavy (non-hydrogen) atoms. The van der Waals surface area contributed by atoms with E-state index in [0.29, 0.717) is 32.8 Å². The van der Waals surface area contributed by atoms with E-state index in [4.69, 9.17) is 33.5 Å². The van der Waals surface area contributed by atoms with E-state index in [9.17, 15) is 0 Å². The van der Waals surface area contributed by atoms with Crippen LogP contribution in [0.1, 0.15) is 0 Å². The van der Waals surface area contributed by atoms with Crippen molar-refractivity contribution in [3.8, 4) is 22.5 Å². The average molecular weight is 384 g/mol. The molecule has 2 aromatic carbocycles. The molecule has 0 spiro atoms. The number of rotatable bonds is 2. The maximum absolute atomic E-state index is 6.26. The Morgan fingerprint density at radius 1 is 1.00 bits per heavy atom. The second kappa shape index (κ2) is 5.72. The van der Waals surface area contributed by atoms with Gasteiger partial charge in [0, 0.05) is 15.6 Å². The van der Waals surface area contributed by atoms with Crippen LogP contribution >= 0.6 is 39.1 Å². The molecule has 0 bridgehead atoms. The van der Waals surface area contributed by atoms with E-state index in [1.807, 2.05) is 30.3 Å². The molecule has 0 aliphatic rings. The van der Waals surface area contributed by atoms with E-state index < -0.39 is 0 Å². The first-order chi connectivity index (χ1) is 10.1. The van der Waals surface area contributed by atoms with Crippen molar-refractivity contribution < 1.29 is 4.52 Å². The van der Waals surface area contributed by atoms with Gasteiger partial charge in [0.2, 0.25) is 0 Å². The van der Waals surface area contributed by atoms with Gasteiger partial charge < -0.3 is 10.3 Å². The van der Waals surface area contributed by atoms with Crippen LogP contribution in [0.25, 0.3) is 22.5 Å². The number of halogens is 3. The van der Waals surface area contributed by atoms with Crippen molar-refractivity contribution in [2.75, 3.05) is 5.73 Å². The smallest absolute Gasteiger partial charge is 0.178 e. The number of aromatic nitrogens is 1. The monoisotopic (exact) mass is 382 g/mol. The Labute approximate surface area is 139 Å². The van der Waals surface area contributed by atoms with Gasteiger partial charge >= 0.3 is 0 Å². The molecule has 0 unspecified atom stereocenters. The van der Waals surface area contributed by atoms with Gasteiger partial charge in [-0.15, -0.1) is 0 Å². The van der Waals surface area contributed by atoms with Gasteiger partial charge in [-0.1, -0.05) is 68.6 Å². The molecule has 6 heteroatoms. The summed E-state index contributed by atoms with van der Waals surface area (Å²) in [6.07, 6.45) is 0. The lowest BCUT2D eigenvalue weighted by Gasteiger charge is -2.07. The highest BCUT2D eigenvalue weighted by molar-refractivity contribution is 9.10. The van der Waals surface area contributed by atoms with Crippen LogP contribution in [0.15, 0.2) is 51.5 Å². The maximum atomic E-state index is 6.26. The van der Waals surface area contributed by atoms with Crippen molar-refractivity contribution in [3.05, 3.63) is 57.0 Å². The molecule has 1 aromatic heterocycles. The zero-order valence-electron chi connectivity index (χ0n) is 10.6. The molecule has 3 nitrogen and oxygen atoms in total. The number of hydrogen-bond acceptors (Lipinski definition) is 3. The molecule has 106 valence electrons. The highest BCUT2D eigenvalue weighted by atomic mass is 79.9. The third kappa shape index (κ3) is 2.55. The molecule has 0 aliphatic heterocycles. The van der Waals surface area contributed by atoms with Crippen molar-refractivity contribution in [1.29, 1.82) is 0 Å². The molecule has 1 heterocycles. The number of nitrogens with two attached hydrogens (primary N) is 1. The van der Waals surface area contributed by atoms with E-state index in [0.717, 1.165) is 10.0 Å². The van der Waals surface area contributed by atoms with Crippen LogP contribution < -0.4 is 5.73 Å². The fourth-order valence-electron chi connectivity index (χ4n) is 2.09. The van der Waals surface area contributed by atoms with Crippen molar-refractivity contribution in [1.82, 2.24) is 5.16 Å². The zero-order chi connectivity index (χ0) is 15.0. The van der Waals surface area contributed by atoms with E-state index in [1.54, 1.807) is 12.1 Å². The van der Waals surface area contributed by atoms with Gasteiger partial charge in [-0.05, 0) is 18.2 Å². The molecule has 0 atom stereocenters. The largest absolute Gasteiger partial charge is 0.380 e. The number of benzene rings is 2. The summed E-state index contributed by atoms with van der Waals surface area (Å²) in [4.78, 5) is 0. The van der Waals surface area contributed by atoms with Gasteiger partial charge in [-0.2, -0.15) is 0 Å². The van der Waals surface area contributed by atoms with Gasteiger partial charge in [-0.3, -0.25) is 0 Å². The van der Waals surface area contributed by atoms with Crippen molar-refractivity contribution in [2.24, 2.45) is 0 Å². The minimum Gasteiger partial charge on any atom is -0.380 e. The van der Waals surface area contributed by atoms with E-state index >= 15 is 0 Å². The second-order valence-electron chi connectivity index (χ2n) is 4.35. The Kier molecular flexibility index (Phi) is 3.93. The summed E-state index contributed by atoms with van der Waals surface area (Å²) in [5, 5.41) is 4.71. The summed E-state index contributed by atoms with van der Waals surface area (Å²) in [7, 11) is 0. The molecular weight excluding hydrogens is 375 g/mol. The summed E-state index contributed by atoms with van der Waals surface area (Å²) in [6.45, 7) is 0. The highest BCUT2D eigenvalue weighted by Crippen LogP contribution is 2.43. The SMILES string of the molecule is Nc1noc(-c2cccc(Cl)c2Cl)c1-c1ccccc1Br. The molecule has 3 rings (SSSR count). The molecule has 0 saturated heterocycles. The summed E-state index contributed by atoms with van der Waals surface area (Å²) in [5.74, 6) is 0.792. The molecule has 3 aromatic rings. The van der Waals surface area contributed by atoms with Crippen LogP contribution in [0.5, 0.6) is 0 Å². The van der Waals surface area contributed by atoms with Crippen LogP contribution in [0, 0.1) is 0 Å². The van der Waals surface area contributed by atoms with Crippen molar-refractivity contribution in [3.63, 3.8) is 0 Å². The van der Waals surface area contributed by atoms with Crippen LogP contribution in [0.3, 0.4) is 0 Å². The summed E-state index contributed by atoms with van der Waals surface area (Å²) in [6, 6.07) is 13.0. The topological polar surface area (TPSA) is 52.0 Å². The number of nitrogens with zero attached hydrogens (tertiary/aromatic N) is 1. The molecule has 0 fully saturated rings. The summed E-state index contributed by atoms with van der Waals surface area (Å²) >= 11 is 15.8. The first-order valence-corrected chi connectivity index (χ1v) is 7.59. The van der Waals surface area contributed by atoms with Crippen LogP contribution in [0.2, 0.25) is 10.0 Å². The standard InChI is InChI=1S/C15H9BrCl2N2O/c16-10-6-2-1-4-8(10)12-14(21-20-15(12)19)9-5-3-7-11(17)13(9)18/h1-7H,(H2,19,20). The Morgan fingerprint density at radius 2 is 1.71 bits per heavy atom. The Balaban J connectivity index is 2.28. The average Bonchev–Trinajstić information content (AvgIpc) is 2.84.